The number of hydrogen-bond donors (Lipinski definition) is 2. The van der Waals surface area contributed by atoms with Crippen LogP contribution in [-0.2, 0) is 0 Å². The molecule has 18 heavy (non-hydrogen) atoms. The Morgan fingerprint density at radius 1 is 1.00 bits per heavy atom. The minimum absolute atomic E-state index is 0.344. The van der Waals surface area contributed by atoms with Crippen LogP contribution in [0.5, 0.6) is 0 Å². The van der Waals surface area contributed by atoms with Gasteiger partial charge in [0.15, 0.2) is 0 Å². The average molecular weight is 439 g/mol. The highest BCUT2D eigenvalue weighted by Crippen LogP contribution is 2.36. The summed E-state index contributed by atoms with van der Waals surface area (Å²) in [6.07, 6.45) is 0. The fourth-order valence-corrected chi connectivity index (χ4v) is 2.98. The summed E-state index contributed by atoms with van der Waals surface area (Å²) in [5.41, 5.74) is 7.63. The maximum Gasteiger partial charge on any atom is 0.139 e. The van der Waals surface area contributed by atoms with E-state index in [9.17, 15) is 4.39 Å². The number of anilines is 3. The van der Waals surface area contributed by atoms with Gasteiger partial charge in [0, 0.05) is 15.0 Å². The molecular formula is C12H8Br3FN2. The Labute approximate surface area is 129 Å². The maximum atomic E-state index is 13.5. The molecule has 2 aromatic carbocycles. The van der Waals surface area contributed by atoms with Gasteiger partial charge < -0.3 is 11.1 Å². The first-order valence-electron chi connectivity index (χ1n) is 4.94. The largest absolute Gasteiger partial charge is 0.397 e. The van der Waals surface area contributed by atoms with Gasteiger partial charge >= 0.3 is 0 Å². The second-order valence-corrected chi connectivity index (χ2v) is 6.14. The Kier molecular flexibility index (Phi) is 4.29. The summed E-state index contributed by atoms with van der Waals surface area (Å²) in [4.78, 5) is 0. The van der Waals surface area contributed by atoms with Gasteiger partial charge in [-0.3, -0.25) is 0 Å². The average Bonchev–Trinajstić information content (AvgIpc) is 2.30. The quantitative estimate of drug-likeness (QED) is 0.613. The van der Waals surface area contributed by atoms with Crippen LogP contribution in [0.1, 0.15) is 0 Å². The van der Waals surface area contributed by atoms with Gasteiger partial charge in [0.2, 0.25) is 0 Å². The minimum Gasteiger partial charge on any atom is -0.397 e. The molecule has 0 aliphatic rings. The van der Waals surface area contributed by atoms with Gasteiger partial charge in [-0.05, 0) is 66.0 Å². The van der Waals surface area contributed by atoms with E-state index < -0.39 is 0 Å². The Balaban J connectivity index is 2.43. The summed E-state index contributed by atoms with van der Waals surface area (Å²) in [6, 6.07) is 8.55. The highest BCUT2D eigenvalue weighted by atomic mass is 79.9. The Hall–Kier alpha value is -0.590. The molecule has 0 aromatic heterocycles. The lowest BCUT2D eigenvalue weighted by molar-refractivity contribution is 0.622. The fraction of sp³-hybridized carbons (Fsp3) is 0. The molecule has 0 fully saturated rings. The van der Waals surface area contributed by atoms with Crippen LogP contribution in [0.15, 0.2) is 43.7 Å². The molecule has 0 saturated carbocycles. The monoisotopic (exact) mass is 436 g/mol. The van der Waals surface area contributed by atoms with Crippen molar-refractivity contribution in [2.75, 3.05) is 11.1 Å². The standard InChI is InChI=1S/C12H8Br3FN2/c13-6-2-1-3-7(14)12(6)18-11-5-9(16)8(15)4-10(11)17/h1-5,18H,17H2. The summed E-state index contributed by atoms with van der Waals surface area (Å²) < 4.78 is 15.6. The SMILES string of the molecule is Nc1cc(Br)c(F)cc1Nc1c(Br)cccc1Br. The van der Waals surface area contributed by atoms with Crippen LogP contribution in [0.2, 0.25) is 0 Å². The molecule has 0 saturated heterocycles. The molecule has 0 atom stereocenters. The summed E-state index contributed by atoms with van der Waals surface area (Å²) in [6.45, 7) is 0. The number of nitrogens with two attached hydrogens (primary N) is 1. The molecule has 2 nitrogen and oxygen atoms in total. The van der Waals surface area contributed by atoms with Gasteiger partial charge in [0.05, 0.1) is 21.5 Å². The summed E-state index contributed by atoms with van der Waals surface area (Å²) in [7, 11) is 0. The Morgan fingerprint density at radius 3 is 2.22 bits per heavy atom. The van der Waals surface area contributed by atoms with Gasteiger partial charge in [0.25, 0.3) is 0 Å². The van der Waals surface area contributed by atoms with E-state index in [2.05, 4.69) is 53.1 Å². The zero-order chi connectivity index (χ0) is 13.3. The summed E-state index contributed by atoms with van der Waals surface area (Å²) >= 11 is 9.94. The van der Waals surface area contributed by atoms with Crippen LogP contribution < -0.4 is 11.1 Å². The predicted octanol–water partition coefficient (Wildman–Crippen LogP) is 5.44. The molecular weight excluding hydrogens is 431 g/mol. The van der Waals surface area contributed by atoms with Crippen molar-refractivity contribution in [1.29, 1.82) is 0 Å². The molecule has 0 amide bonds. The number of nitrogen functional groups attached to an aromatic ring is 1. The molecule has 0 spiro atoms. The van der Waals surface area contributed by atoms with Crippen LogP contribution in [0.25, 0.3) is 0 Å². The fourth-order valence-electron chi connectivity index (χ4n) is 1.42. The number of rotatable bonds is 2. The lowest BCUT2D eigenvalue weighted by Gasteiger charge is -2.13. The molecule has 0 aliphatic heterocycles. The molecule has 0 heterocycles. The van der Waals surface area contributed by atoms with Crippen LogP contribution in [0.3, 0.4) is 0 Å². The number of halogens is 4. The lowest BCUT2D eigenvalue weighted by Crippen LogP contribution is -1.99. The highest BCUT2D eigenvalue weighted by Gasteiger charge is 2.09. The van der Waals surface area contributed by atoms with E-state index in [1.807, 2.05) is 18.2 Å². The van der Waals surface area contributed by atoms with Crippen molar-refractivity contribution in [1.82, 2.24) is 0 Å². The van der Waals surface area contributed by atoms with Crippen LogP contribution in [-0.4, -0.2) is 0 Å². The van der Waals surface area contributed by atoms with Crippen LogP contribution >= 0.6 is 47.8 Å². The molecule has 94 valence electrons. The van der Waals surface area contributed by atoms with Gasteiger partial charge in [-0.2, -0.15) is 0 Å². The van der Waals surface area contributed by atoms with Gasteiger partial charge in [0.1, 0.15) is 5.82 Å². The van der Waals surface area contributed by atoms with Crippen molar-refractivity contribution in [2.45, 2.75) is 0 Å². The van der Waals surface area contributed by atoms with E-state index in [0.717, 1.165) is 14.6 Å². The Bertz CT molecular complexity index is 582. The van der Waals surface area contributed by atoms with Crippen molar-refractivity contribution < 1.29 is 4.39 Å². The topological polar surface area (TPSA) is 38.0 Å². The first-order chi connectivity index (χ1) is 8.49. The molecule has 6 heteroatoms. The molecule has 0 bridgehead atoms. The molecule has 0 radical (unpaired) electrons. The van der Waals surface area contributed by atoms with E-state index in [1.165, 1.54) is 12.1 Å². The van der Waals surface area contributed by atoms with E-state index in [-0.39, 0.29) is 5.82 Å². The van der Waals surface area contributed by atoms with E-state index in [0.29, 0.717) is 15.8 Å². The van der Waals surface area contributed by atoms with Crippen molar-refractivity contribution in [3.63, 3.8) is 0 Å². The molecule has 3 N–H and O–H groups in total. The van der Waals surface area contributed by atoms with E-state index in [4.69, 9.17) is 5.73 Å². The van der Waals surface area contributed by atoms with Crippen molar-refractivity contribution >= 4 is 64.9 Å². The maximum absolute atomic E-state index is 13.5. The zero-order valence-corrected chi connectivity index (χ0v) is 13.7. The Morgan fingerprint density at radius 2 is 1.61 bits per heavy atom. The molecule has 2 rings (SSSR count). The number of benzene rings is 2. The van der Waals surface area contributed by atoms with Gasteiger partial charge in [-0.1, -0.05) is 6.07 Å². The van der Waals surface area contributed by atoms with Crippen LogP contribution in [0.4, 0.5) is 21.5 Å². The first-order valence-corrected chi connectivity index (χ1v) is 7.32. The van der Waals surface area contributed by atoms with Crippen molar-refractivity contribution in [2.24, 2.45) is 0 Å². The third-order valence-electron chi connectivity index (χ3n) is 2.31. The summed E-state index contributed by atoms with van der Waals surface area (Å²) in [5.74, 6) is -0.366. The second-order valence-electron chi connectivity index (χ2n) is 3.58. The predicted molar refractivity (Wildman–Crippen MR) is 83.6 cm³/mol. The molecule has 2 aromatic rings. The first kappa shape index (κ1) is 13.8. The van der Waals surface area contributed by atoms with E-state index in [1.54, 1.807) is 0 Å². The summed E-state index contributed by atoms with van der Waals surface area (Å²) in [5, 5.41) is 3.10. The molecule has 0 aliphatic carbocycles. The number of hydrogen-bond acceptors (Lipinski definition) is 2. The van der Waals surface area contributed by atoms with Crippen LogP contribution in [0, 0.1) is 5.82 Å². The zero-order valence-electron chi connectivity index (χ0n) is 8.98. The van der Waals surface area contributed by atoms with Crippen molar-refractivity contribution in [3.8, 4) is 0 Å². The minimum atomic E-state index is -0.366. The molecule has 0 unspecified atom stereocenters. The smallest absolute Gasteiger partial charge is 0.139 e. The van der Waals surface area contributed by atoms with Gasteiger partial charge in [-0.15, -0.1) is 0 Å². The normalized spacial score (nSPS) is 10.4. The van der Waals surface area contributed by atoms with Crippen molar-refractivity contribution in [3.05, 3.63) is 49.6 Å². The number of para-hydroxylation sites is 1. The second kappa shape index (κ2) is 5.59. The third-order valence-corrected chi connectivity index (χ3v) is 4.24. The lowest BCUT2D eigenvalue weighted by atomic mass is 10.2. The highest BCUT2D eigenvalue weighted by molar-refractivity contribution is 9.11. The van der Waals surface area contributed by atoms with Gasteiger partial charge in [-0.25, -0.2) is 4.39 Å². The van der Waals surface area contributed by atoms with E-state index >= 15 is 0 Å². The third kappa shape index (κ3) is 2.87. The number of nitrogens with one attached hydrogen (secondary N) is 1.